The van der Waals surface area contributed by atoms with Crippen LogP contribution in [0.2, 0.25) is 0 Å². The van der Waals surface area contributed by atoms with E-state index in [4.69, 9.17) is 0 Å². The molecule has 150 valence electrons. The fourth-order valence-electron chi connectivity index (χ4n) is 3.55. The van der Waals surface area contributed by atoms with Crippen molar-refractivity contribution in [2.45, 2.75) is 33.6 Å². The van der Waals surface area contributed by atoms with E-state index in [0.29, 0.717) is 11.6 Å². The Morgan fingerprint density at radius 2 is 1.79 bits per heavy atom. The average Bonchev–Trinajstić information content (AvgIpc) is 3.07. The topological polar surface area (TPSA) is 102 Å². The summed E-state index contributed by atoms with van der Waals surface area (Å²) in [5.74, 6) is 1.90. The fourth-order valence-corrected chi connectivity index (χ4v) is 3.55. The van der Waals surface area contributed by atoms with Crippen LogP contribution in [0.1, 0.15) is 29.9 Å². The van der Waals surface area contributed by atoms with E-state index in [2.05, 4.69) is 35.5 Å². The van der Waals surface area contributed by atoms with E-state index in [1.54, 1.807) is 10.7 Å². The summed E-state index contributed by atoms with van der Waals surface area (Å²) < 4.78 is 1.74. The van der Waals surface area contributed by atoms with Crippen LogP contribution in [0.4, 0.5) is 11.6 Å². The summed E-state index contributed by atoms with van der Waals surface area (Å²) in [5.41, 5.74) is 2.79. The third-order valence-corrected chi connectivity index (χ3v) is 5.10. The number of rotatable bonds is 4. The van der Waals surface area contributed by atoms with Crippen LogP contribution in [-0.2, 0) is 4.79 Å². The standard InChI is InChI=1S/C20H24N8O/c1-13-4-5-18(25-24-13)27-8-6-16(7-9-27)20(29)23-17-11-19(22-12-21-17)28-15(3)10-14(2)26-28/h4-5,10-12,16H,6-9H2,1-3H3,(H,21,22,23,29). The quantitative estimate of drug-likeness (QED) is 0.726. The molecule has 3 aromatic heterocycles. The molecule has 0 bridgehead atoms. The smallest absolute Gasteiger partial charge is 0.228 e. The van der Waals surface area contributed by atoms with Crippen LogP contribution in [0.15, 0.2) is 30.6 Å². The third-order valence-electron chi connectivity index (χ3n) is 5.10. The van der Waals surface area contributed by atoms with Crippen LogP contribution in [0.3, 0.4) is 0 Å². The molecular weight excluding hydrogens is 368 g/mol. The van der Waals surface area contributed by atoms with Crippen molar-refractivity contribution >= 4 is 17.5 Å². The molecule has 0 atom stereocenters. The van der Waals surface area contributed by atoms with Crippen molar-refractivity contribution in [3.63, 3.8) is 0 Å². The Labute approximate surface area is 169 Å². The van der Waals surface area contributed by atoms with Gasteiger partial charge in [-0.1, -0.05) is 0 Å². The van der Waals surface area contributed by atoms with Crippen molar-refractivity contribution < 1.29 is 4.79 Å². The lowest BCUT2D eigenvalue weighted by molar-refractivity contribution is -0.120. The Kier molecular flexibility index (Phi) is 5.20. The van der Waals surface area contributed by atoms with Crippen LogP contribution in [0, 0.1) is 26.7 Å². The molecular formula is C20H24N8O. The number of amides is 1. The molecule has 4 rings (SSSR count). The molecule has 1 amide bonds. The first-order valence-electron chi connectivity index (χ1n) is 9.71. The molecule has 1 fully saturated rings. The number of hydrogen-bond acceptors (Lipinski definition) is 7. The highest BCUT2D eigenvalue weighted by molar-refractivity contribution is 5.92. The first-order chi connectivity index (χ1) is 14.0. The molecule has 0 spiro atoms. The van der Waals surface area contributed by atoms with Crippen LogP contribution >= 0.6 is 0 Å². The maximum atomic E-state index is 12.7. The first kappa shape index (κ1) is 19.0. The zero-order valence-electron chi connectivity index (χ0n) is 16.8. The molecule has 1 aliphatic heterocycles. The third kappa shape index (κ3) is 4.23. The van der Waals surface area contributed by atoms with Gasteiger partial charge in [0, 0.05) is 30.8 Å². The molecule has 0 unspecified atom stereocenters. The number of hydrogen-bond donors (Lipinski definition) is 1. The number of carbonyl (C=O) groups excluding carboxylic acids is 1. The second-order valence-electron chi connectivity index (χ2n) is 7.38. The number of aromatic nitrogens is 6. The lowest BCUT2D eigenvalue weighted by atomic mass is 9.96. The first-order valence-corrected chi connectivity index (χ1v) is 9.71. The summed E-state index contributed by atoms with van der Waals surface area (Å²) in [4.78, 5) is 23.4. The normalized spacial score (nSPS) is 14.8. The molecule has 9 nitrogen and oxygen atoms in total. The highest BCUT2D eigenvalue weighted by atomic mass is 16.2. The summed E-state index contributed by atoms with van der Waals surface area (Å²) in [5, 5.41) is 15.7. The predicted octanol–water partition coefficient (Wildman–Crippen LogP) is 2.23. The van der Waals surface area contributed by atoms with Crippen LogP contribution < -0.4 is 10.2 Å². The van der Waals surface area contributed by atoms with Gasteiger partial charge in [0.25, 0.3) is 0 Å². The van der Waals surface area contributed by atoms with Gasteiger partial charge in [-0.3, -0.25) is 4.79 Å². The monoisotopic (exact) mass is 392 g/mol. The summed E-state index contributed by atoms with van der Waals surface area (Å²) in [6.45, 7) is 7.36. The van der Waals surface area contributed by atoms with E-state index in [0.717, 1.165) is 48.8 Å². The highest BCUT2D eigenvalue weighted by Crippen LogP contribution is 2.23. The zero-order chi connectivity index (χ0) is 20.4. The number of aryl methyl sites for hydroxylation is 3. The van der Waals surface area contributed by atoms with Crippen LogP contribution in [0.25, 0.3) is 5.82 Å². The predicted molar refractivity (Wildman–Crippen MR) is 109 cm³/mol. The van der Waals surface area contributed by atoms with Gasteiger partial charge in [-0.05, 0) is 51.8 Å². The maximum Gasteiger partial charge on any atom is 0.228 e. The fraction of sp³-hybridized carbons (Fsp3) is 0.400. The van der Waals surface area contributed by atoms with E-state index in [-0.39, 0.29) is 11.8 Å². The van der Waals surface area contributed by atoms with Gasteiger partial charge in [0.15, 0.2) is 11.6 Å². The van der Waals surface area contributed by atoms with E-state index in [1.165, 1.54) is 6.33 Å². The molecule has 0 aromatic carbocycles. The summed E-state index contributed by atoms with van der Waals surface area (Å²) in [7, 11) is 0. The van der Waals surface area contributed by atoms with Gasteiger partial charge in [-0.25, -0.2) is 14.6 Å². The molecule has 0 radical (unpaired) electrons. The highest BCUT2D eigenvalue weighted by Gasteiger charge is 2.26. The molecule has 4 heterocycles. The van der Waals surface area contributed by atoms with Gasteiger partial charge in [0.2, 0.25) is 5.91 Å². The van der Waals surface area contributed by atoms with E-state index < -0.39 is 0 Å². The number of nitrogens with zero attached hydrogens (tertiary/aromatic N) is 7. The molecule has 0 aliphatic carbocycles. The van der Waals surface area contributed by atoms with Gasteiger partial charge in [0.05, 0.1) is 11.4 Å². The molecule has 0 saturated carbocycles. The van der Waals surface area contributed by atoms with Crippen molar-refractivity contribution in [1.82, 2.24) is 29.9 Å². The Balaban J connectivity index is 1.38. The molecule has 1 saturated heterocycles. The van der Waals surface area contributed by atoms with Crippen molar-refractivity contribution in [3.8, 4) is 5.82 Å². The number of piperidine rings is 1. The van der Waals surface area contributed by atoms with E-state index in [9.17, 15) is 4.79 Å². The second kappa shape index (κ2) is 7.94. The van der Waals surface area contributed by atoms with Crippen LogP contribution in [0.5, 0.6) is 0 Å². The van der Waals surface area contributed by atoms with Crippen molar-refractivity contribution in [2.75, 3.05) is 23.3 Å². The molecule has 3 aromatic rings. The minimum Gasteiger partial charge on any atom is -0.355 e. The lowest BCUT2D eigenvalue weighted by Gasteiger charge is -2.31. The number of anilines is 2. The molecule has 1 N–H and O–H groups in total. The summed E-state index contributed by atoms with van der Waals surface area (Å²) in [6.07, 6.45) is 2.97. The Bertz CT molecular complexity index is 1010. The van der Waals surface area contributed by atoms with Gasteiger partial charge >= 0.3 is 0 Å². The van der Waals surface area contributed by atoms with E-state index >= 15 is 0 Å². The summed E-state index contributed by atoms with van der Waals surface area (Å²) in [6, 6.07) is 7.65. The Morgan fingerprint density at radius 3 is 2.45 bits per heavy atom. The Morgan fingerprint density at radius 1 is 1.00 bits per heavy atom. The minimum absolute atomic E-state index is 0.0161. The number of nitrogens with one attached hydrogen (secondary N) is 1. The average molecular weight is 392 g/mol. The van der Waals surface area contributed by atoms with Gasteiger partial charge in [-0.15, -0.1) is 5.10 Å². The lowest BCUT2D eigenvalue weighted by Crippen LogP contribution is -2.38. The van der Waals surface area contributed by atoms with Crippen LogP contribution in [-0.4, -0.2) is 48.9 Å². The van der Waals surface area contributed by atoms with Crippen molar-refractivity contribution in [2.24, 2.45) is 5.92 Å². The largest absolute Gasteiger partial charge is 0.355 e. The number of carbonyl (C=O) groups is 1. The second-order valence-corrected chi connectivity index (χ2v) is 7.38. The SMILES string of the molecule is Cc1ccc(N2CCC(C(=O)Nc3cc(-n4nc(C)cc4C)ncn3)CC2)nn1. The van der Waals surface area contributed by atoms with Crippen molar-refractivity contribution in [3.05, 3.63) is 47.7 Å². The van der Waals surface area contributed by atoms with Gasteiger partial charge in [-0.2, -0.15) is 10.2 Å². The van der Waals surface area contributed by atoms with Crippen molar-refractivity contribution in [1.29, 1.82) is 0 Å². The molecule has 29 heavy (non-hydrogen) atoms. The Hall–Kier alpha value is -3.36. The maximum absolute atomic E-state index is 12.7. The molecule has 9 heteroatoms. The minimum atomic E-state index is -0.0586. The van der Waals surface area contributed by atoms with Gasteiger partial charge < -0.3 is 10.2 Å². The zero-order valence-corrected chi connectivity index (χ0v) is 16.8. The van der Waals surface area contributed by atoms with Gasteiger partial charge in [0.1, 0.15) is 12.1 Å². The van der Waals surface area contributed by atoms with E-state index in [1.807, 2.05) is 39.0 Å². The summed E-state index contributed by atoms with van der Waals surface area (Å²) >= 11 is 0. The molecule has 1 aliphatic rings.